The van der Waals surface area contributed by atoms with Gasteiger partial charge < -0.3 is 20.3 Å². The number of amides is 3. The van der Waals surface area contributed by atoms with Gasteiger partial charge in [-0.15, -0.1) is 0 Å². The number of ether oxygens (including phenoxy) is 1. The number of nitrogens with zero attached hydrogens (tertiary/aromatic N) is 6. The lowest BCUT2D eigenvalue weighted by Crippen LogP contribution is -2.58. The van der Waals surface area contributed by atoms with E-state index >= 15 is 0 Å². The summed E-state index contributed by atoms with van der Waals surface area (Å²) in [6.07, 6.45) is 4.04. The number of nitrogens with one attached hydrogen (secondary N) is 2. The molecule has 3 atom stereocenters. The zero-order valence-corrected chi connectivity index (χ0v) is 22.0. The predicted molar refractivity (Wildman–Crippen MR) is 131 cm³/mol. The average Bonchev–Trinajstić information content (AvgIpc) is 3.32. The van der Waals surface area contributed by atoms with Crippen molar-refractivity contribution in [1.82, 2.24) is 40.4 Å². The first-order valence-electron chi connectivity index (χ1n) is 13.3. The molecule has 1 saturated heterocycles. The van der Waals surface area contributed by atoms with Crippen LogP contribution >= 0.6 is 0 Å². The van der Waals surface area contributed by atoms with Gasteiger partial charge in [0.1, 0.15) is 5.69 Å². The van der Waals surface area contributed by atoms with Crippen LogP contribution in [-0.4, -0.2) is 80.4 Å². The first kappa shape index (κ1) is 27.4. The molecular weight excluding hydrogens is 552 g/mol. The lowest BCUT2D eigenvalue weighted by molar-refractivity contribution is -0.0509. The van der Waals surface area contributed by atoms with Crippen LogP contribution in [0, 0.1) is 5.92 Å². The molecule has 1 aliphatic heterocycles. The molecule has 41 heavy (non-hydrogen) atoms. The third kappa shape index (κ3) is 5.56. The molecule has 0 radical (unpaired) electrons. The smallest absolute Gasteiger partial charge is 0.318 e. The number of halogens is 4. The average molecular weight is 581 g/mol. The highest BCUT2D eigenvalue weighted by Gasteiger charge is 2.45. The lowest BCUT2D eigenvalue weighted by Gasteiger charge is -2.38. The van der Waals surface area contributed by atoms with Crippen molar-refractivity contribution in [3.05, 3.63) is 41.1 Å². The molecule has 3 aliphatic rings. The minimum absolute atomic E-state index is 0.0189. The van der Waals surface area contributed by atoms with Crippen LogP contribution in [0.3, 0.4) is 0 Å². The van der Waals surface area contributed by atoms with Crippen LogP contribution < -0.4 is 10.6 Å². The molecule has 220 valence electrons. The van der Waals surface area contributed by atoms with Crippen molar-refractivity contribution in [1.29, 1.82) is 0 Å². The fourth-order valence-electron chi connectivity index (χ4n) is 5.59. The number of methoxy groups -OCH3 is 1. The van der Waals surface area contributed by atoms with Crippen molar-refractivity contribution in [2.45, 2.75) is 62.0 Å². The van der Waals surface area contributed by atoms with Crippen LogP contribution in [0.15, 0.2) is 23.1 Å². The van der Waals surface area contributed by atoms with Crippen molar-refractivity contribution < 1.29 is 36.5 Å². The van der Waals surface area contributed by atoms with Gasteiger partial charge in [-0.3, -0.25) is 4.79 Å². The summed E-state index contributed by atoms with van der Waals surface area (Å²) in [5, 5.41) is 16.9. The molecule has 2 aliphatic carbocycles. The maximum absolute atomic E-state index is 14.3. The number of carbonyl (C=O) groups is 2. The summed E-state index contributed by atoms with van der Waals surface area (Å²) in [7, 11) is 1.39. The van der Waals surface area contributed by atoms with Crippen molar-refractivity contribution >= 4 is 17.6 Å². The molecule has 2 saturated carbocycles. The van der Waals surface area contributed by atoms with E-state index in [0.29, 0.717) is 17.0 Å². The molecule has 3 aromatic rings. The number of rotatable bonds is 9. The van der Waals surface area contributed by atoms with E-state index in [4.69, 9.17) is 9.37 Å². The molecule has 12 nitrogen and oxygen atoms in total. The molecule has 4 heterocycles. The molecule has 0 aromatic carbocycles. The van der Waals surface area contributed by atoms with E-state index in [1.807, 2.05) is 0 Å². The van der Waals surface area contributed by atoms with Crippen molar-refractivity contribution in [3.63, 3.8) is 0 Å². The molecule has 3 amide bonds. The van der Waals surface area contributed by atoms with Crippen LogP contribution in [0.5, 0.6) is 0 Å². The monoisotopic (exact) mass is 580 g/mol. The van der Waals surface area contributed by atoms with Gasteiger partial charge in [-0.25, -0.2) is 36.5 Å². The third-order valence-electron chi connectivity index (χ3n) is 7.82. The normalized spacial score (nSPS) is 23.4. The molecule has 2 N–H and O–H groups in total. The van der Waals surface area contributed by atoms with Gasteiger partial charge in [0, 0.05) is 31.4 Å². The van der Waals surface area contributed by atoms with Crippen molar-refractivity contribution in [2.24, 2.45) is 5.92 Å². The Bertz CT molecular complexity index is 1460. The van der Waals surface area contributed by atoms with E-state index < -0.39 is 61.3 Å². The summed E-state index contributed by atoms with van der Waals surface area (Å²) in [6, 6.07) is -0.894. The summed E-state index contributed by atoms with van der Waals surface area (Å²) in [5.41, 5.74) is 1.41. The Labute approximate surface area is 230 Å². The number of urea groups is 1. The first-order valence-corrected chi connectivity index (χ1v) is 13.3. The Morgan fingerprint density at radius 1 is 1.24 bits per heavy atom. The molecule has 3 aromatic heterocycles. The molecule has 6 rings (SSSR count). The van der Waals surface area contributed by atoms with Crippen LogP contribution in [0.1, 0.15) is 77.5 Å². The van der Waals surface area contributed by atoms with E-state index in [1.54, 1.807) is 6.07 Å². The van der Waals surface area contributed by atoms with Crippen LogP contribution in [-0.2, 0) is 4.74 Å². The number of aromatic nitrogens is 5. The Hall–Kier alpha value is -3.82. The van der Waals surface area contributed by atoms with Crippen LogP contribution in [0.2, 0.25) is 0 Å². The number of carbonyl (C=O) groups excluding carboxylic acids is 2. The third-order valence-corrected chi connectivity index (χ3v) is 7.82. The SMILES string of the molecule is COC[C@H](c1cnn2cc([C@H](NC(=O)c3nonc3C3CC3)[C@@H]3CCC(F)(F)C3)nc2c1)N1CC(F)(F)CNC1=O. The summed E-state index contributed by atoms with van der Waals surface area (Å²) < 4.78 is 68.2. The Morgan fingerprint density at radius 2 is 2.05 bits per heavy atom. The standard InChI is InChI=1S/C25H28F4N8O4/c1-40-10-17(36-12-25(28,29)11-30-23(36)39)15-6-18-32-16(9-37(18)31-8-15)19(14-4-5-24(26,27)7-14)33-22(38)21-20(13-2-3-13)34-41-35-21/h6,8-9,13-14,17,19H,2-5,7,10-12H2,1H3,(H,30,39)(H,33,38)/t14-,17-,19-/m1/s1. The minimum Gasteiger partial charge on any atom is -0.382 e. The van der Waals surface area contributed by atoms with Crippen LogP contribution in [0.4, 0.5) is 22.4 Å². The van der Waals surface area contributed by atoms with E-state index in [-0.39, 0.29) is 36.7 Å². The van der Waals surface area contributed by atoms with E-state index in [0.717, 1.165) is 17.7 Å². The number of alkyl halides is 4. The van der Waals surface area contributed by atoms with Crippen LogP contribution in [0.25, 0.3) is 5.65 Å². The molecular formula is C25H28F4N8O4. The highest BCUT2D eigenvalue weighted by Crippen LogP contribution is 2.45. The number of hydrogen-bond acceptors (Lipinski definition) is 8. The number of hydrogen-bond donors (Lipinski definition) is 2. The van der Waals surface area contributed by atoms with Crippen molar-refractivity contribution in [2.75, 3.05) is 26.8 Å². The van der Waals surface area contributed by atoms with Gasteiger partial charge in [-0.1, -0.05) is 5.16 Å². The van der Waals surface area contributed by atoms with Gasteiger partial charge in [-0.05, 0) is 36.4 Å². The second-order valence-electron chi connectivity index (χ2n) is 11.0. The minimum atomic E-state index is -3.13. The van der Waals surface area contributed by atoms with E-state index in [1.165, 1.54) is 24.0 Å². The van der Waals surface area contributed by atoms with Gasteiger partial charge in [-0.2, -0.15) is 5.10 Å². The zero-order valence-electron chi connectivity index (χ0n) is 22.0. The topological polar surface area (TPSA) is 140 Å². The Balaban J connectivity index is 1.31. The Morgan fingerprint density at radius 3 is 2.76 bits per heavy atom. The fourth-order valence-corrected chi connectivity index (χ4v) is 5.59. The van der Waals surface area contributed by atoms with E-state index in [2.05, 4.69) is 31.0 Å². The number of fused-ring (bicyclic) bond motifs is 1. The molecule has 0 bridgehead atoms. The fraction of sp³-hybridized carbons (Fsp3) is 0.600. The predicted octanol–water partition coefficient (Wildman–Crippen LogP) is 3.24. The highest BCUT2D eigenvalue weighted by atomic mass is 19.3. The summed E-state index contributed by atoms with van der Waals surface area (Å²) in [4.78, 5) is 31.2. The highest BCUT2D eigenvalue weighted by molar-refractivity contribution is 5.93. The van der Waals surface area contributed by atoms with Gasteiger partial charge in [0.15, 0.2) is 11.3 Å². The zero-order chi connectivity index (χ0) is 28.9. The van der Waals surface area contributed by atoms with Gasteiger partial charge in [0.2, 0.25) is 5.92 Å². The first-order chi connectivity index (χ1) is 19.5. The molecule has 0 unspecified atom stereocenters. The van der Waals surface area contributed by atoms with Crippen molar-refractivity contribution in [3.8, 4) is 0 Å². The number of imidazole rings is 1. The second-order valence-corrected chi connectivity index (χ2v) is 11.0. The van der Waals surface area contributed by atoms with E-state index in [9.17, 15) is 27.2 Å². The van der Waals surface area contributed by atoms with Gasteiger partial charge in [0.05, 0.1) is 49.9 Å². The molecule has 0 spiro atoms. The molecule has 3 fully saturated rings. The Kier molecular flexibility index (Phi) is 6.82. The maximum Gasteiger partial charge on any atom is 0.318 e. The molecule has 16 heteroatoms. The summed E-state index contributed by atoms with van der Waals surface area (Å²) >= 11 is 0. The lowest BCUT2D eigenvalue weighted by atomic mass is 9.95. The second kappa shape index (κ2) is 10.2. The quantitative estimate of drug-likeness (QED) is 0.368. The largest absolute Gasteiger partial charge is 0.382 e. The summed E-state index contributed by atoms with van der Waals surface area (Å²) in [6.45, 7) is -1.65. The van der Waals surface area contributed by atoms with Gasteiger partial charge in [0.25, 0.3) is 11.8 Å². The maximum atomic E-state index is 14.3. The summed E-state index contributed by atoms with van der Waals surface area (Å²) in [5.74, 6) is -7.15. The van der Waals surface area contributed by atoms with Gasteiger partial charge >= 0.3 is 6.03 Å².